The molecule has 2 aliphatic rings. The van der Waals surface area contributed by atoms with E-state index >= 15 is 0 Å². The molecule has 3 aromatic rings. The van der Waals surface area contributed by atoms with Crippen molar-refractivity contribution in [3.05, 3.63) is 101 Å². The molecule has 0 spiro atoms. The Morgan fingerprint density at radius 2 is 1.52 bits per heavy atom. The van der Waals surface area contributed by atoms with Gasteiger partial charge in [-0.1, -0.05) is 60.7 Å². The fourth-order valence-corrected chi connectivity index (χ4v) is 5.90. The third kappa shape index (κ3) is 7.22. The van der Waals surface area contributed by atoms with E-state index in [1.807, 2.05) is 17.0 Å². The zero-order valence-electron chi connectivity index (χ0n) is 22.8. The number of aryl methyl sites for hydroxylation is 2. The standard InChI is InChI=1S/C32H37F3N4O/c33-32(34,35)28-21-27-23-38(20-16-30(27)36-22-28)31(40)39-19-15-29(24-39)37(17-7-13-25-9-3-1-4-10-25)18-8-14-26-11-5-2-6-12-26/h1-6,9-12,21-22,29H,7-8,13-20,23-24H2. The van der Waals surface area contributed by atoms with Gasteiger partial charge in [0.1, 0.15) is 0 Å². The number of carbonyl (C=O) groups excluding carboxylic acids is 1. The second kappa shape index (κ2) is 12.9. The van der Waals surface area contributed by atoms with E-state index in [1.165, 1.54) is 11.1 Å². The Labute approximate surface area is 234 Å². The molecule has 1 atom stereocenters. The van der Waals surface area contributed by atoms with Crippen molar-refractivity contribution in [1.82, 2.24) is 19.7 Å². The molecule has 2 aliphatic heterocycles. The fourth-order valence-electron chi connectivity index (χ4n) is 5.90. The number of rotatable bonds is 9. The molecule has 2 aromatic carbocycles. The molecule has 3 heterocycles. The summed E-state index contributed by atoms with van der Waals surface area (Å²) in [4.78, 5) is 23.6. The van der Waals surface area contributed by atoms with E-state index in [1.54, 1.807) is 4.90 Å². The molecule has 0 aliphatic carbocycles. The van der Waals surface area contributed by atoms with E-state index in [-0.39, 0.29) is 18.6 Å². The Kier molecular flexibility index (Phi) is 9.04. The topological polar surface area (TPSA) is 39.7 Å². The number of halogens is 3. The van der Waals surface area contributed by atoms with Gasteiger partial charge in [-0.3, -0.25) is 9.88 Å². The lowest BCUT2D eigenvalue weighted by Gasteiger charge is -2.33. The molecule has 1 aromatic heterocycles. The molecule has 8 heteroatoms. The highest BCUT2D eigenvalue weighted by Crippen LogP contribution is 2.31. The minimum atomic E-state index is -4.44. The Morgan fingerprint density at radius 3 is 2.12 bits per heavy atom. The normalized spacial score (nSPS) is 17.4. The number of hydrogen-bond acceptors (Lipinski definition) is 3. The molecule has 0 N–H and O–H groups in total. The van der Waals surface area contributed by atoms with E-state index in [0.29, 0.717) is 37.3 Å². The van der Waals surface area contributed by atoms with Gasteiger partial charge in [0.15, 0.2) is 0 Å². The van der Waals surface area contributed by atoms with Crippen LogP contribution in [0.25, 0.3) is 0 Å². The number of amides is 2. The molecule has 212 valence electrons. The first-order valence-corrected chi connectivity index (χ1v) is 14.3. The van der Waals surface area contributed by atoms with Crippen molar-refractivity contribution in [2.75, 3.05) is 32.7 Å². The molecule has 1 fully saturated rings. The summed E-state index contributed by atoms with van der Waals surface area (Å²) >= 11 is 0. The number of fused-ring (bicyclic) bond motifs is 1. The first-order chi connectivity index (χ1) is 19.4. The number of aromatic nitrogens is 1. The van der Waals surface area contributed by atoms with Crippen LogP contribution in [0.2, 0.25) is 0 Å². The predicted octanol–water partition coefficient (Wildman–Crippen LogP) is 6.22. The summed E-state index contributed by atoms with van der Waals surface area (Å²) in [5.41, 5.74) is 3.06. The van der Waals surface area contributed by atoms with Gasteiger partial charge < -0.3 is 9.80 Å². The SMILES string of the molecule is O=C(N1CCc2ncc(C(F)(F)F)cc2C1)N1CCC(N(CCCc2ccccc2)CCCc2ccccc2)C1. The first-order valence-electron chi connectivity index (χ1n) is 14.3. The number of likely N-dealkylation sites (tertiary alicyclic amines) is 1. The molecule has 40 heavy (non-hydrogen) atoms. The maximum absolute atomic E-state index is 13.4. The molecule has 5 rings (SSSR count). The van der Waals surface area contributed by atoms with Crippen molar-refractivity contribution in [3.63, 3.8) is 0 Å². The lowest BCUT2D eigenvalue weighted by atomic mass is 10.0. The highest BCUT2D eigenvalue weighted by molar-refractivity contribution is 5.75. The summed E-state index contributed by atoms with van der Waals surface area (Å²) in [5, 5.41) is 0. The quantitative estimate of drug-likeness (QED) is 0.318. The van der Waals surface area contributed by atoms with E-state index in [9.17, 15) is 18.0 Å². The zero-order valence-corrected chi connectivity index (χ0v) is 22.8. The third-order valence-corrected chi connectivity index (χ3v) is 8.09. The zero-order chi connectivity index (χ0) is 28.0. The van der Waals surface area contributed by atoms with E-state index in [4.69, 9.17) is 0 Å². The van der Waals surface area contributed by atoms with Crippen LogP contribution in [0.15, 0.2) is 72.9 Å². The summed E-state index contributed by atoms with van der Waals surface area (Å²) in [7, 11) is 0. The molecule has 1 saturated heterocycles. The van der Waals surface area contributed by atoms with Gasteiger partial charge >= 0.3 is 12.2 Å². The number of hydrogen-bond donors (Lipinski definition) is 0. The number of nitrogens with zero attached hydrogens (tertiary/aromatic N) is 4. The minimum Gasteiger partial charge on any atom is -0.323 e. The van der Waals surface area contributed by atoms with Crippen LogP contribution in [0.3, 0.4) is 0 Å². The molecule has 1 unspecified atom stereocenters. The van der Waals surface area contributed by atoms with Crippen LogP contribution in [0, 0.1) is 0 Å². The molecular weight excluding hydrogens is 513 g/mol. The van der Waals surface area contributed by atoms with Gasteiger partial charge in [-0.2, -0.15) is 13.2 Å². The number of benzene rings is 2. The minimum absolute atomic E-state index is 0.0842. The fraction of sp³-hybridized carbons (Fsp3) is 0.438. The van der Waals surface area contributed by atoms with E-state index < -0.39 is 11.7 Å². The summed E-state index contributed by atoms with van der Waals surface area (Å²) < 4.78 is 39.6. The highest BCUT2D eigenvalue weighted by Gasteiger charge is 2.35. The lowest BCUT2D eigenvalue weighted by molar-refractivity contribution is -0.137. The molecule has 2 amide bonds. The Morgan fingerprint density at radius 1 is 0.900 bits per heavy atom. The lowest BCUT2D eigenvalue weighted by Crippen LogP contribution is -2.46. The highest BCUT2D eigenvalue weighted by atomic mass is 19.4. The molecular formula is C32H37F3N4O. The monoisotopic (exact) mass is 550 g/mol. The second-order valence-corrected chi connectivity index (χ2v) is 10.9. The van der Waals surface area contributed by atoms with Crippen LogP contribution in [-0.2, 0) is 32.0 Å². The third-order valence-electron chi connectivity index (χ3n) is 8.09. The smallest absolute Gasteiger partial charge is 0.323 e. The van der Waals surface area contributed by atoms with Gasteiger partial charge in [0.2, 0.25) is 0 Å². The Balaban J connectivity index is 1.19. The van der Waals surface area contributed by atoms with Gasteiger partial charge in [0, 0.05) is 50.5 Å². The predicted molar refractivity (Wildman–Crippen MR) is 150 cm³/mol. The Hall–Kier alpha value is -3.39. The van der Waals surface area contributed by atoms with Gasteiger partial charge in [0.05, 0.1) is 5.56 Å². The Bertz CT molecular complexity index is 1210. The van der Waals surface area contributed by atoms with Crippen molar-refractivity contribution in [3.8, 4) is 0 Å². The van der Waals surface area contributed by atoms with Crippen molar-refractivity contribution >= 4 is 6.03 Å². The molecule has 0 bridgehead atoms. The van der Waals surface area contributed by atoms with Crippen molar-refractivity contribution in [2.24, 2.45) is 0 Å². The number of carbonyl (C=O) groups is 1. The van der Waals surface area contributed by atoms with E-state index in [0.717, 1.165) is 57.5 Å². The second-order valence-electron chi connectivity index (χ2n) is 10.9. The molecule has 5 nitrogen and oxygen atoms in total. The van der Waals surface area contributed by atoms with E-state index in [2.05, 4.69) is 58.4 Å². The summed E-state index contributed by atoms with van der Waals surface area (Å²) in [6.45, 7) is 3.91. The van der Waals surface area contributed by atoms with Gasteiger partial charge in [-0.15, -0.1) is 0 Å². The summed E-state index contributed by atoms with van der Waals surface area (Å²) in [5.74, 6) is 0. The number of alkyl halides is 3. The number of urea groups is 1. The van der Waals surface area contributed by atoms with Gasteiger partial charge in [0.25, 0.3) is 0 Å². The number of pyridine rings is 1. The molecule has 0 saturated carbocycles. The van der Waals surface area contributed by atoms with Crippen LogP contribution in [-0.4, -0.2) is 64.5 Å². The van der Waals surface area contributed by atoms with Crippen LogP contribution in [0.5, 0.6) is 0 Å². The van der Waals surface area contributed by atoms with Crippen molar-refractivity contribution < 1.29 is 18.0 Å². The molecule has 0 radical (unpaired) electrons. The average Bonchev–Trinajstić information content (AvgIpc) is 3.46. The average molecular weight is 551 g/mol. The van der Waals surface area contributed by atoms with Crippen molar-refractivity contribution in [2.45, 2.75) is 57.3 Å². The summed E-state index contributed by atoms with van der Waals surface area (Å²) in [6.07, 6.45) is 1.98. The van der Waals surface area contributed by atoms with Crippen LogP contribution in [0.1, 0.15) is 47.2 Å². The van der Waals surface area contributed by atoms with Crippen LogP contribution >= 0.6 is 0 Å². The maximum atomic E-state index is 13.4. The van der Waals surface area contributed by atoms with Gasteiger partial charge in [-0.05, 0) is 68.0 Å². The van der Waals surface area contributed by atoms with Crippen molar-refractivity contribution in [1.29, 1.82) is 0 Å². The summed E-state index contributed by atoms with van der Waals surface area (Å²) in [6, 6.07) is 22.4. The van der Waals surface area contributed by atoms with Gasteiger partial charge in [-0.25, -0.2) is 4.79 Å². The van der Waals surface area contributed by atoms with Crippen LogP contribution < -0.4 is 0 Å². The van der Waals surface area contributed by atoms with Crippen LogP contribution in [0.4, 0.5) is 18.0 Å². The first kappa shape index (κ1) is 28.1. The largest absolute Gasteiger partial charge is 0.417 e. The maximum Gasteiger partial charge on any atom is 0.417 e.